The van der Waals surface area contributed by atoms with Crippen molar-refractivity contribution in [1.82, 2.24) is 14.5 Å². The molecule has 0 spiro atoms. The molecule has 0 atom stereocenters. The SMILES string of the molecule is COCCN(C(=O)c1ccc(Cl)nc1)c1c(N)n(CC(C)C)c(=O)[nH]c1=O. The number of carbonyl (C=O) groups excluding carboxylic acids is 1. The Morgan fingerprint density at radius 1 is 1.41 bits per heavy atom. The molecule has 0 fully saturated rings. The van der Waals surface area contributed by atoms with Crippen molar-refractivity contribution in [3.63, 3.8) is 0 Å². The van der Waals surface area contributed by atoms with Crippen molar-refractivity contribution in [2.24, 2.45) is 5.92 Å². The molecule has 0 saturated heterocycles. The van der Waals surface area contributed by atoms with E-state index in [0.717, 1.165) is 0 Å². The van der Waals surface area contributed by atoms with E-state index in [0.29, 0.717) is 6.54 Å². The largest absolute Gasteiger partial charge is 0.383 e. The first-order valence-corrected chi connectivity index (χ1v) is 8.69. The molecule has 0 saturated carbocycles. The van der Waals surface area contributed by atoms with E-state index >= 15 is 0 Å². The summed E-state index contributed by atoms with van der Waals surface area (Å²) >= 11 is 5.76. The number of nitrogens with zero attached hydrogens (tertiary/aromatic N) is 3. The number of nitrogen functional groups attached to an aromatic ring is 1. The number of carbonyl (C=O) groups is 1. The number of ether oxygens (including phenoxy) is 1. The molecule has 27 heavy (non-hydrogen) atoms. The second kappa shape index (κ2) is 8.83. The molecule has 2 heterocycles. The van der Waals surface area contributed by atoms with Gasteiger partial charge in [0.05, 0.1) is 12.2 Å². The summed E-state index contributed by atoms with van der Waals surface area (Å²) in [7, 11) is 1.47. The minimum absolute atomic E-state index is 0.0606. The van der Waals surface area contributed by atoms with Crippen molar-refractivity contribution < 1.29 is 9.53 Å². The van der Waals surface area contributed by atoms with Gasteiger partial charge >= 0.3 is 5.69 Å². The molecular formula is C17H22ClN5O4. The van der Waals surface area contributed by atoms with Crippen molar-refractivity contribution in [3.05, 3.63) is 49.9 Å². The normalized spacial score (nSPS) is 11.0. The summed E-state index contributed by atoms with van der Waals surface area (Å²) < 4.78 is 6.29. The van der Waals surface area contributed by atoms with E-state index in [1.54, 1.807) is 0 Å². The van der Waals surface area contributed by atoms with Crippen LogP contribution in [0.25, 0.3) is 0 Å². The van der Waals surface area contributed by atoms with Crippen LogP contribution in [0.4, 0.5) is 11.5 Å². The third-order valence-electron chi connectivity index (χ3n) is 3.77. The van der Waals surface area contributed by atoms with Crippen LogP contribution in [0.1, 0.15) is 24.2 Å². The van der Waals surface area contributed by atoms with Crippen LogP contribution in [0.15, 0.2) is 27.9 Å². The summed E-state index contributed by atoms with van der Waals surface area (Å²) in [4.78, 5) is 44.9. The number of nitrogens with one attached hydrogen (secondary N) is 1. The van der Waals surface area contributed by atoms with Crippen molar-refractivity contribution >= 4 is 29.0 Å². The number of rotatable bonds is 7. The Balaban J connectivity index is 2.59. The van der Waals surface area contributed by atoms with E-state index in [-0.39, 0.29) is 41.3 Å². The quantitative estimate of drug-likeness (QED) is 0.677. The molecule has 146 valence electrons. The molecule has 2 aromatic heterocycles. The molecule has 0 bridgehead atoms. The van der Waals surface area contributed by atoms with Crippen LogP contribution in [0.3, 0.4) is 0 Å². The average Bonchev–Trinajstić information content (AvgIpc) is 2.61. The fourth-order valence-corrected chi connectivity index (χ4v) is 2.65. The molecule has 1 amide bonds. The van der Waals surface area contributed by atoms with E-state index in [4.69, 9.17) is 22.1 Å². The Hall–Kier alpha value is -2.65. The molecule has 2 rings (SSSR count). The van der Waals surface area contributed by atoms with Crippen LogP contribution < -0.4 is 21.9 Å². The van der Waals surface area contributed by atoms with E-state index in [2.05, 4.69) is 9.97 Å². The van der Waals surface area contributed by atoms with Gasteiger partial charge in [0, 0.05) is 26.4 Å². The lowest BCUT2D eigenvalue weighted by Crippen LogP contribution is -2.42. The Morgan fingerprint density at radius 2 is 2.11 bits per heavy atom. The molecule has 0 aromatic carbocycles. The molecule has 0 radical (unpaired) electrons. The maximum atomic E-state index is 13.0. The molecule has 3 N–H and O–H groups in total. The minimum atomic E-state index is -0.746. The number of pyridine rings is 1. The third-order valence-corrected chi connectivity index (χ3v) is 3.99. The standard InChI is InChI=1S/C17H22ClN5O4/c1-10(2)9-23-14(19)13(15(24)21-17(23)26)22(6-7-27-3)16(25)11-4-5-12(18)20-8-11/h4-5,8,10H,6-7,9,19H2,1-3H3,(H,21,24,26). The van der Waals surface area contributed by atoms with Crippen LogP contribution >= 0.6 is 11.6 Å². The number of H-pyrrole nitrogens is 1. The van der Waals surface area contributed by atoms with Crippen molar-refractivity contribution in [3.8, 4) is 0 Å². The highest BCUT2D eigenvalue weighted by Gasteiger charge is 2.25. The predicted molar refractivity (Wildman–Crippen MR) is 103 cm³/mol. The Labute approximate surface area is 160 Å². The van der Waals surface area contributed by atoms with Gasteiger partial charge in [-0.3, -0.25) is 24.0 Å². The summed E-state index contributed by atoms with van der Waals surface area (Å²) in [5.41, 5.74) is 4.86. The summed E-state index contributed by atoms with van der Waals surface area (Å²) in [5.74, 6) is -0.487. The maximum Gasteiger partial charge on any atom is 0.330 e. The molecule has 0 unspecified atom stereocenters. The number of amides is 1. The molecule has 9 nitrogen and oxygen atoms in total. The van der Waals surface area contributed by atoms with Crippen LogP contribution in [0.5, 0.6) is 0 Å². The smallest absolute Gasteiger partial charge is 0.330 e. The third kappa shape index (κ3) is 4.75. The molecule has 0 aliphatic carbocycles. The van der Waals surface area contributed by atoms with Gasteiger partial charge in [-0.2, -0.15) is 0 Å². The molecule has 2 aromatic rings. The summed E-state index contributed by atoms with van der Waals surface area (Å²) in [6.07, 6.45) is 1.30. The number of nitrogens with two attached hydrogens (primary N) is 1. The number of aromatic amines is 1. The van der Waals surface area contributed by atoms with E-state index < -0.39 is 17.2 Å². The fourth-order valence-electron chi connectivity index (χ4n) is 2.54. The zero-order valence-corrected chi connectivity index (χ0v) is 16.1. The lowest BCUT2D eigenvalue weighted by molar-refractivity contribution is 0.0975. The molecule has 10 heteroatoms. The van der Waals surface area contributed by atoms with Crippen molar-refractivity contribution in [1.29, 1.82) is 0 Å². The average molecular weight is 396 g/mol. The van der Waals surface area contributed by atoms with Crippen molar-refractivity contribution in [2.45, 2.75) is 20.4 Å². The monoisotopic (exact) mass is 395 g/mol. The zero-order chi connectivity index (χ0) is 20.1. The number of hydrogen-bond acceptors (Lipinski definition) is 6. The lowest BCUT2D eigenvalue weighted by Gasteiger charge is -2.24. The lowest BCUT2D eigenvalue weighted by atomic mass is 10.2. The highest BCUT2D eigenvalue weighted by atomic mass is 35.5. The van der Waals surface area contributed by atoms with Crippen LogP contribution in [0.2, 0.25) is 5.15 Å². The maximum absolute atomic E-state index is 13.0. The Bertz CT molecular complexity index is 920. The van der Waals surface area contributed by atoms with Crippen LogP contribution in [-0.2, 0) is 11.3 Å². The fraction of sp³-hybridized carbons (Fsp3) is 0.412. The van der Waals surface area contributed by atoms with Gasteiger partial charge in [0.2, 0.25) is 0 Å². The van der Waals surface area contributed by atoms with E-state index in [9.17, 15) is 14.4 Å². The molecule has 0 aliphatic heterocycles. The van der Waals surface area contributed by atoms with Crippen molar-refractivity contribution in [2.75, 3.05) is 30.9 Å². The van der Waals surface area contributed by atoms with E-state index in [1.165, 1.54) is 34.9 Å². The highest BCUT2D eigenvalue weighted by molar-refractivity contribution is 6.29. The predicted octanol–water partition coefficient (Wildman–Crippen LogP) is 1.12. The Kier molecular flexibility index (Phi) is 6.75. The van der Waals surface area contributed by atoms with Crippen LogP contribution in [0, 0.1) is 5.92 Å². The van der Waals surface area contributed by atoms with Gasteiger partial charge in [0.15, 0.2) is 5.69 Å². The second-order valence-corrected chi connectivity index (χ2v) is 6.70. The summed E-state index contributed by atoms with van der Waals surface area (Å²) in [6, 6.07) is 2.96. The summed E-state index contributed by atoms with van der Waals surface area (Å²) in [6.45, 7) is 4.33. The van der Waals surface area contributed by atoms with Crippen LogP contribution in [-0.4, -0.2) is 40.7 Å². The number of aromatic nitrogens is 3. The first kappa shape index (κ1) is 20.7. The first-order valence-electron chi connectivity index (χ1n) is 8.31. The number of hydrogen-bond donors (Lipinski definition) is 2. The van der Waals surface area contributed by atoms with Gasteiger partial charge in [-0.25, -0.2) is 9.78 Å². The zero-order valence-electron chi connectivity index (χ0n) is 15.4. The van der Waals surface area contributed by atoms with Gasteiger partial charge in [0.25, 0.3) is 11.5 Å². The number of anilines is 2. The van der Waals surface area contributed by atoms with Gasteiger partial charge in [-0.1, -0.05) is 25.4 Å². The van der Waals surface area contributed by atoms with Gasteiger partial charge in [-0.05, 0) is 18.1 Å². The highest BCUT2D eigenvalue weighted by Crippen LogP contribution is 2.20. The van der Waals surface area contributed by atoms with Gasteiger partial charge < -0.3 is 10.5 Å². The first-order chi connectivity index (χ1) is 12.8. The minimum Gasteiger partial charge on any atom is -0.383 e. The Morgan fingerprint density at radius 3 is 2.67 bits per heavy atom. The molecular weight excluding hydrogens is 374 g/mol. The number of methoxy groups -OCH3 is 1. The van der Waals surface area contributed by atoms with E-state index in [1.807, 2.05) is 13.8 Å². The number of halogens is 1. The molecule has 0 aliphatic rings. The second-order valence-electron chi connectivity index (χ2n) is 6.32. The van der Waals surface area contributed by atoms with Gasteiger partial charge in [0.1, 0.15) is 11.0 Å². The van der Waals surface area contributed by atoms with Gasteiger partial charge in [-0.15, -0.1) is 0 Å². The summed E-state index contributed by atoms with van der Waals surface area (Å²) in [5, 5.41) is 0.234. The topological polar surface area (TPSA) is 123 Å².